The maximum absolute atomic E-state index is 10.7. The third kappa shape index (κ3) is 3.13. The molecule has 0 atom stereocenters. The van der Waals surface area contributed by atoms with Crippen LogP contribution in [0.3, 0.4) is 0 Å². The maximum Gasteiger partial charge on any atom is 0.303 e. The highest BCUT2D eigenvalue weighted by atomic mass is 16.5. The number of nitrogens with zero attached hydrogens (tertiary/aromatic N) is 2. The number of aliphatic carboxylic acids is 1. The van der Waals surface area contributed by atoms with Gasteiger partial charge in [-0.1, -0.05) is 12.1 Å². The largest absolute Gasteiger partial charge is 0.497 e. The van der Waals surface area contributed by atoms with E-state index in [-0.39, 0.29) is 6.42 Å². The first-order chi connectivity index (χ1) is 9.10. The summed E-state index contributed by atoms with van der Waals surface area (Å²) in [6, 6.07) is 7.66. The zero-order valence-corrected chi connectivity index (χ0v) is 11.0. The van der Waals surface area contributed by atoms with E-state index >= 15 is 0 Å². The summed E-state index contributed by atoms with van der Waals surface area (Å²) >= 11 is 0. The van der Waals surface area contributed by atoms with Crippen LogP contribution in [0.15, 0.2) is 30.5 Å². The lowest BCUT2D eigenvalue weighted by molar-refractivity contribution is -0.136. The molecule has 1 heterocycles. The third-order valence-electron chi connectivity index (χ3n) is 2.86. The highest BCUT2D eigenvalue weighted by molar-refractivity contribution is 5.70. The summed E-state index contributed by atoms with van der Waals surface area (Å²) in [4.78, 5) is 10.7. The number of rotatable bonds is 5. The van der Waals surface area contributed by atoms with Crippen LogP contribution in [0.1, 0.15) is 12.1 Å². The molecular formula is C14H16N2O3. The highest BCUT2D eigenvalue weighted by Crippen LogP contribution is 2.27. The monoisotopic (exact) mass is 260 g/mol. The van der Waals surface area contributed by atoms with Crippen molar-refractivity contribution in [1.82, 2.24) is 9.78 Å². The summed E-state index contributed by atoms with van der Waals surface area (Å²) in [6.07, 6.45) is 2.39. The van der Waals surface area contributed by atoms with E-state index < -0.39 is 5.97 Å². The zero-order valence-electron chi connectivity index (χ0n) is 11.0. The van der Waals surface area contributed by atoms with Gasteiger partial charge in [-0.15, -0.1) is 0 Å². The first-order valence-electron chi connectivity index (χ1n) is 5.99. The van der Waals surface area contributed by atoms with E-state index in [1.54, 1.807) is 11.8 Å². The Balaban J connectivity index is 2.34. The lowest BCUT2D eigenvalue weighted by Crippen LogP contribution is -1.99. The maximum atomic E-state index is 10.7. The molecule has 0 spiro atoms. The Bertz CT molecular complexity index is 590. The average molecular weight is 260 g/mol. The van der Waals surface area contributed by atoms with Crippen molar-refractivity contribution in [3.8, 4) is 16.9 Å². The van der Waals surface area contributed by atoms with Crippen molar-refractivity contribution in [2.24, 2.45) is 7.05 Å². The van der Waals surface area contributed by atoms with Gasteiger partial charge in [-0.3, -0.25) is 9.48 Å². The Morgan fingerprint density at radius 1 is 1.47 bits per heavy atom. The van der Waals surface area contributed by atoms with Crippen LogP contribution in [0.2, 0.25) is 0 Å². The summed E-state index contributed by atoms with van der Waals surface area (Å²) in [6.45, 7) is 0. The summed E-state index contributed by atoms with van der Waals surface area (Å²) in [7, 11) is 3.45. The number of methoxy groups -OCH3 is 1. The first kappa shape index (κ1) is 13.1. The van der Waals surface area contributed by atoms with Gasteiger partial charge in [0, 0.05) is 25.2 Å². The van der Waals surface area contributed by atoms with Crippen LogP contribution in [-0.2, 0) is 18.3 Å². The Morgan fingerprint density at radius 2 is 2.26 bits per heavy atom. The molecule has 0 fully saturated rings. The second kappa shape index (κ2) is 5.56. The quantitative estimate of drug-likeness (QED) is 0.894. The fourth-order valence-electron chi connectivity index (χ4n) is 1.98. The SMILES string of the molecule is COc1cccc(-c2cn(C)nc2CCC(=O)O)c1. The molecule has 2 rings (SSSR count). The number of aromatic nitrogens is 2. The number of ether oxygens (including phenoxy) is 1. The number of aryl methyl sites for hydroxylation is 2. The van der Waals surface area contributed by atoms with Crippen molar-refractivity contribution in [2.45, 2.75) is 12.8 Å². The standard InChI is InChI=1S/C14H16N2O3/c1-16-9-12(13(15-16)6-7-14(17)18)10-4-3-5-11(8-10)19-2/h3-5,8-9H,6-7H2,1-2H3,(H,17,18). The highest BCUT2D eigenvalue weighted by Gasteiger charge is 2.12. The summed E-state index contributed by atoms with van der Waals surface area (Å²) in [5, 5.41) is 13.1. The van der Waals surface area contributed by atoms with Gasteiger partial charge in [0.2, 0.25) is 0 Å². The number of hydrogen-bond acceptors (Lipinski definition) is 3. The van der Waals surface area contributed by atoms with E-state index in [1.807, 2.05) is 37.5 Å². The second-order valence-corrected chi connectivity index (χ2v) is 4.29. The minimum Gasteiger partial charge on any atom is -0.497 e. The predicted octanol–water partition coefficient (Wildman–Crippen LogP) is 2.11. The minimum absolute atomic E-state index is 0.0774. The molecule has 19 heavy (non-hydrogen) atoms. The van der Waals surface area contributed by atoms with Crippen LogP contribution < -0.4 is 4.74 Å². The molecule has 0 bridgehead atoms. The smallest absolute Gasteiger partial charge is 0.303 e. The summed E-state index contributed by atoms with van der Waals surface area (Å²) < 4.78 is 6.90. The van der Waals surface area contributed by atoms with Gasteiger partial charge in [-0.05, 0) is 17.7 Å². The summed E-state index contributed by atoms with van der Waals surface area (Å²) in [5.74, 6) is -0.0483. The molecule has 1 N–H and O–H groups in total. The lowest BCUT2D eigenvalue weighted by Gasteiger charge is -2.04. The molecular weight excluding hydrogens is 244 g/mol. The molecule has 5 nitrogen and oxygen atoms in total. The molecule has 1 aromatic heterocycles. The predicted molar refractivity (Wildman–Crippen MR) is 71.2 cm³/mol. The van der Waals surface area contributed by atoms with Crippen LogP contribution in [-0.4, -0.2) is 28.0 Å². The van der Waals surface area contributed by atoms with E-state index in [1.165, 1.54) is 0 Å². The van der Waals surface area contributed by atoms with Gasteiger partial charge in [0.15, 0.2) is 0 Å². The normalized spacial score (nSPS) is 10.4. The lowest BCUT2D eigenvalue weighted by atomic mass is 10.0. The first-order valence-corrected chi connectivity index (χ1v) is 5.99. The molecule has 0 unspecified atom stereocenters. The van der Waals surface area contributed by atoms with Crippen molar-refractivity contribution in [3.63, 3.8) is 0 Å². The van der Waals surface area contributed by atoms with Gasteiger partial charge < -0.3 is 9.84 Å². The van der Waals surface area contributed by atoms with Crippen molar-refractivity contribution < 1.29 is 14.6 Å². The average Bonchev–Trinajstić information content (AvgIpc) is 2.77. The topological polar surface area (TPSA) is 64.4 Å². The summed E-state index contributed by atoms with van der Waals surface area (Å²) in [5.41, 5.74) is 2.72. The van der Waals surface area contributed by atoms with Gasteiger partial charge in [-0.25, -0.2) is 0 Å². The fourth-order valence-corrected chi connectivity index (χ4v) is 1.98. The molecule has 1 aromatic carbocycles. The number of hydrogen-bond donors (Lipinski definition) is 1. The number of carbonyl (C=O) groups is 1. The van der Waals surface area contributed by atoms with Gasteiger partial charge in [0.25, 0.3) is 0 Å². The number of benzene rings is 1. The van der Waals surface area contributed by atoms with Gasteiger partial charge in [-0.2, -0.15) is 5.10 Å². The molecule has 0 amide bonds. The molecule has 0 saturated carbocycles. The van der Waals surface area contributed by atoms with E-state index in [0.29, 0.717) is 6.42 Å². The minimum atomic E-state index is -0.817. The Hall–Kier alpha value is -2.30. The third-order valence-corrected chi connectivity index (χ3v) is 2.86. The van der Waals surface area contributed by atoms with E-state index in [4.69, 9.17) is 9.84 Å². The fraction of sp³-hybridized carbons (Fsp3) is 0.286. The van der Waals surface area contributed by atoms with Crippen LogP contribution in [0.4, 0.5) is 0 Å². The Labute approximate surface area is 111 Å². The molecule has 100 valence electrons. The van der Waals surface area contributed by atoms with Gasteiger partial charge in [0.1, 0.15) is 5.75 Å². The Kier molecular flexibility index (Phi) is 3.85. The van der Waals surface area contributed by atoms with Crippen molar-refractivity contribution in [1.29, 1.82) is 0 Å². The molecule has 0 aliphatic carbocycles. The van der Waals surface area contributed by atoms with Crippen LogP contribution in [0, 0.1) is 0 Å². The zero-order chi connectivity index (χ0) is 13.8. The molecule has 0 aliphatic heterocycles. The molecule has 2 aromatic rings. The Morgan fingerprint density at radius 3 is 2.95 bits per heavy atom. The van der Waals surface area contributed by atoms with Crippen molar-refractivity contribution >= 4 is 5.97 Å². The molecule has 0 aliphatic rings. The van der Waals surface area contributed by atoms with Crippen LogP contribution >= 0.6 is 0 Å². The second-order valence-electron chi connectivity index (χ2n) is 4.29. The van der Waals surface area contributed by atoms with E-state index in [0.717, 1.165) is 22.6 Å². The van der Waals surface area contributed by atoms with Gasteiger partial charge >= 0.3 is 5.97 Å². The molecule has 0 saturated heterocycles. The van der Waals surface area contributed by atoms with Crippen LogP contribution in [0.25, 0.3) is 11.1 Å². The van der Waals surface area contributed by atoms with Crippen molar-refractivity contribution in [3.05, 3.63) is 36.2 Å². The molecule has 0 radical (unpaired) electrons. The van der Waals surface area contributed by atoms with E-state index in [9.17, 15) is 4.79 Å². The molecule has 5 heteroatoms. The van der Waals surface area contributed by atoms with Crippen LogP contribution in [0.5, 0.6) is 5.75 Å². The van der Waals surface area contributed by atoms with Crippen molar-refractivity contribution in [2.75, 3.05) is 7.11 Å². The number of carboxylic acid groups (broad SMARTS) is 1. The van der Waals surface area contributed by atoms with Gasteiger partial charge in [0.05, 0.1) is 19.2 Å². The van der Waals surface area contributed by atoms with E-state index in [2.05, 4.69) is 5.10 Å². The number of carboxylic acids is 1.